The molecule has 3 atom stereocenters. The second kappa shape index (κ2) is 40.3. The summed E-state index contributed by atoms with van der Waals surface area (Å²) in [5.74, 6) is -0.406. The number of ether oxygens (including phenoxy) is 2. The fourth-order valence-corrected chi connectivity index (χ4v) is 5.77. The van der Waals surface area contributed by atoms with Crippen LogP contribution in [-0.4, -0.2) is 66.3 Å². The molecule has 3 unspecified atom stereocenters. The predicted octanol–water partition coefficient (Wildman–Crippen LogP) is 11.1. The minimum Gasteiger partial charge on any atom is -0.457 e. The number of phosphoric acid groups is 1. The van der Waals surface area contributed by atoms with Gasteiger partial charge in [0, 0.05) is 13.0 Å². The monoisotopic (exact) mass is 779 g/mol. The lowest BCUT2D eigenvalue weighted by atomic mass is 10.1. The first-order valence-electron chi connectivity index (χ1n) is 20.6. The standard InChI is InChI=1S/C44H75O9P/c1-3-5-7-9-11-13-14-15-16-17-18-19-20-21-22-23-24-25-26-27-29-31-33-35-37-50-40-43(41-52-54(48,49)51-39-42(46)38-45)53-44(47)36-34-32-30-28-12-10-8-6-4-2/h5,7,11,13,15-16,18-19,21-22,24-25,27,29,42-43,45-46H,3-4,6,8-10,12,14,17,20,23,26,28,30-41H2,1-2H3,(H,48,49)/b7-5-,13-11-,16-15-,19-18-,22-21-,25-24-,29-27-. The van der Waals surface area contributed by atoms with E-state index in [0.29, 0.717) is 6.61 Å². The maximum Gasteiger partial charge on any atom is 0.472 e. The SMILES string of the molecule is CC/C=C\C/C=C\C/C=C\C/C=C\C/C=C\C/C=C\C/C=C\CCCCOCC(COP(=O)(O)OCC(O)CO)OC(=O)CCCCCCCCCCC. The van der Waals surface area contributed by atoms with Gasteiger partial charge in [0.25, 0.3) is 0 Å². The van der Waals surface area contributed by atoms with Crippen LogP contribution in [0.4, 0.5) is 0 Å². The van der Waals surface area contributed by atoms with Crippen LogP contribution in [0.2, 0.25) is 0 Å². The fourth-order valence-electron chi connectivity index (χ4n) is 4.98. The fraction of sp³-hybridized carbons (Fsp3) is 0.659. The highest BCUT2D eigenvalue weighted by atomic mass is 31.2. The van der Waals surface area contributed by atoms with Crippen molar-refractivity contribution in [3.63, 3.8) is 0 Å². The van der Waals surface area contributed by atoms with E-state index in [2.05, 4.69) is 98.9 Å². The Morgan fingerprint density at radius 3 is 1.56 bits per heavy atom. The number of allylic oxidation sites excluding steroid dienone is 14. The van der Waals surface area contributed by atoms with Crippen molar-refractivity contribution >= 4 is 13.8 Å². The third-order valence-corrected chi connectivity index (χ3v) is 9.05. The molecule has 0 amide bonds. The van der Waals surface area contributed by atoms with Gasteiger partial charge in [0.05, 0.1) is 26.4 Å². The van der Waals surface area contributed by atoms with Crippen molar-refractivity contribution in [1.82, 2.24) is 0 Å². The van der Waals surface area contributed by atoms with Gasteiger partial charge >= 0.3 is 13.8 Å². The maximum absolute atomic E-state index is 12.5. The molecule has 0 saturated carbocycles. The van der Waals surface area contributed by atoms with Crippen molar-refractivity contribution < 1.29 is 43.0 Å². The van der Waals surface area contributed by atoms with Crippen LogP contribution in [0, 0.1) is 0 Å². The Morgan fingerprint density at radius 1 is 0.593 bits per heavy atom. The average Bonchev–Trinajstić information content (AvgIpc) is 3.16. The number of phosphoric ester groups is 1. The molecule has 0 aliphatic heterocycles. The van der Waals surface area contributed by atoms with Gasteiger partial charge in [0.15, 0.2) is 0 Å². The van der Waals surface area contributed by atoms with Gasteiger partial charge in [-0.2, -0.15) is 0 Å². The van der Waals surface area contributed by atoms with Gasteiger partial charge in [-0.1, -0.05) is 150 Å². The molecular formula is C44H75O9P. The highest BCUT2D eigenvalue weighted by Gasteiger charge is 2.26. The molecule has 0 aromatic carbocycles. The van der Waals surface area contributed by atoms with E-state index in [1.165, 1.54) is 38.5 Å². The van der Waals surface area contributed by atoms with E-state index in [4.69, 9.17) is 23.6 Å². The molecule has 10 heteroatoms. The highest BCUT2D eigenvalue weighted by molar-refractivity contribution is 7.47. The van der Waals surface area contributed by atoms with Crippen LogP contribution >= 0.6 is 7.82 Å². The zero-order valence-electron chi connectivity index (χ0n) is 33.7. The first-order valence-corrected chi connectivity index (χ1v) is 22.1. The van der Waals surface area contributed by atoms with E-state index >= 15 is 0 Å². The molecule has 0 spiro atoms. The van der Waals surface area contributed by atoms with E-state index in [1.54, 1.807) is 0 Å². The van der Waals surface area contributed by atoms with Gasteiger partial charge in [-0.25, -0.2) is 4.57 Å². The quantitative estimate of drug-likeness (QED) is 0.0242. The molecule has 0 fully saturated rings. The number of aliphatic hydroxyl groups excluding tert-OH is 2. The molecule has 0 aromatic rings. The third-order valence-electron chi connectivity index (χ3n) is 8.10. The van der Waals surface area contributed by atoms with Gasteiger partial charge in [-0.15, -0.1) is 0 Å². The van der Waals surface area contributed by atoms with E-state index in [0.717, 1.165) is 83.5 Å². The van der Waals surface area contributed by atoms with Crippen molar-refractivity contribution in [1.29, 1.82) is 0 Å². The van der Waals surface area contributed by atoms with E-state index < -0.39 is 45.8 Å². The Bertz CT molecular complexity index is 1110. The smallest absolute Gasteiger partial charge is 0.457 e. The molecule has 0 rings (SSSR count). The molecule has 310 valence electrons. The second-order valence-corrected chi connectivity index (χ2v) is 14.7. The largest absolute Gasteiger partial charge is 0.472 e. The van der Waals surface area contributed by atoms with Crippen molar-refractivity contribution in [3.8, 4) is 0 Å². The molecule has 0 aliphatic rings. The Kier molecular flexibility index (Phi) is 38.5. The maximum atomic E-state index is 12.5. The molecule has 0 bridgehead atoms. The molecule has 54 heavy (non-hydrogen) atoms. The van der Waals surface area contributed by atoms with Crippen LogP contribution in [-0.2, 0) is 27.9 Å². The first-order chi connectivity index (χ1) is 26.3. The summed E-state index contributed by atoms with van der Waals surface area (Å²) < 4.78 is 33.2. The Morgan fingerprint density at radius 2 is 1.06 bits per heavy atom. The Balaban J connectivity index is 4.23. The number of rotatable bonds is 38. The Hall–Kier alpha value is -2.36. The zero-order valence-corrected chi connectivity index (χ0v) is 34.5. The topological polar surface area (TPSA) is 132 Å². The first kappa shape index (κ1) is 51.6. The number of carbonyl (C=O) groups is 1. The van der Waals surface area contributed by atoms with Gasteiger partial charge < -0.3 is 24.6 Å². The summed E-state index contributed by atoms with van der Waals surface area (Å²) in [6.07, 6.45) is 48.5. The van der Waals surface area contributed by atoms with Crippen molar-refractivity contribution in [2.75, 3.05) is 33.0 Å². The number of aliphatic hydroxyl groups is 2. The minimum absolute atomic E-state index is 0.0152. The second-order valence-electron chi connectivity index (χ2n) is 13.3. The van der Waals surface area contributed by atoms with Crippen LogP contribution in [0.3, 0.4) is 0 Å². The molecule has 9 nitrogen and oxygen atoms in total. The molecule has 0 radical (unpaired) electrons. The summed E-state index contributed by atoms with van der Waals surface area (Å²) in [5.41, 5.74) is 0. The van der Waals surface area contributed by atoms with Crippen molar-refractivity contribution in [3.05, 3.63) is 85.1 Å². The van der Waals surface area contributed by atoms with Crippen molar-refractivity contribution in [2.24, 2.45) is 0 Å². The van der Waals surface area contributed by atoms with Gasteiger partial charge in [-0.05, 0) is 70.6 Å². The summed E-state index contributed by atoms with van der Waals surface area (Å²) >= 11 is 0. The average molecular weight is 779 g/mol. The molecule has 0 aliphatic carbocycles. The molecule has 0 saturated heterocycles. The lowest BCUT2D eigenvalue weighted by molar-refractivity contribution is -0.154. The highest BCUT2D eigenvalue weighted by Crippen LogP contribution is 2.43. The number of esters is 1. The molecule has 3 N–H and O–H groups in total. The summed E-state index contributed by atoms with van der Waals surface area (Å²) in [5, 5.41) is 18.3. The van der Waals surface area contributed by atoms with Crippen LogP contribution in [0.5, 0.6) is 0 Å². The van der Waals surface area contributed by atoms with Crippen LogP contribution in [0.1, 0.15) is 142 Å². The summed E-state index contributed by atoms with van der Waals surface area (Å²) in [6.45, 7) is 3.23. The van der Waals surface area contributed by atoms with Crippen LogP contribution in [0.15, 0.2) is 85.1 Å². The number of carbonyl (C=O) groups excluding carboxylic acids is 1. The lowest BCUT2D eigenvalue weighted by Crippen LogP contribution is -2.29. The van der Waals surface area contributed by atoms with Crippen LogP contribution in [0.25, 0.3) is 0 Å². The minimum atomic E-state index is -4.53. The summed E-state index contributed by atoms with van der Waals surface area (Å²) in [4.78, 5) is 22.4. The number of hydrogen-bond donors (Lipinski definition) is 3. The number of unbranched alkanes of at least 4 members (excludes halogenated alkanes) is 10. The van der Waals surface area contributed by atoms with E-state index in [1.807, 2.05) is 0 Å². The summed E-state index contributed by atoms with van der Waals surface area (Å²) in [7, 11) is -4.53. The molecule has 0 heterocycles. The Labute approximate surface area is 328 Å². The van der Waals surface area contributed by atoms with Gasteiger partial charge in [0.2, 0.25) is 0 Å². The third kappa shape index (κ3) is 39.3. The van der Waals surface area contributed by atoms with Crippen molar-refractivity contribution in [2.45, 2.75) is 154 Å². The number of hydrogen-bond acceptors (Lipinski definition) is 8. The van der Waals surface area contributed by atoms with Crippen LogP contribution < -0.4 is 0 Å². The molecule has 0 aromatic heterocycles. The molecular weight excluding hydrogens is 703 g/mol. The predicted molar refractivity (Wildman–Crippen MR) is 223 cm³/mol. The van der Waals surface area contributed by atoms with Gasteiger partial charge in [-0.3, -0.25) is 13.8 Å². The zero-order chi connectivity index (χ0) is 39.6. The normalized spacial score (nSPS) is 15.0. The lowest BCUT2D eigenvalue weighted by Gasteiger charge is -2.20. The summed E-state index contributed by atoms with van der Waals surface area (Å²) in [6, 6.07) is 0. The van der Waals surface area contributed by atoms with Gasteiger partial charge in [0.1, 0.15) is 12.2 Å². The van der Waals surface area contributed by atoms with E-state index in [-0.39, 0.29) is 13.0 Å². The van der Waals surface area contributed by atoms with E-state index in [9.17, 15) is 19.4 Å².